The average molecular weight is 270 g/mol. The number of aromatic nitrogens is 2. The molecule has 0 aliphatic rings. The minimum atomic E-state index is -0.965. The number of carboxylic acids is 1. The van der Waals surface area contributed by atoms with Crippen molar-refractivity contribution in [1.82, 2.24) is 9.78 Å². The van der Waals surface area contributed by atoms with Gasteiger partial charge >= 0.3 is 5.97 Å². The fourth-order valence-corrected chi connectivity index (χ4v) is 1.80. The van der Waals surface area contributed by atoms with E-state index in [1.807, 2.05) is 0 Å². The van der Waals surface area contributed by atoms with Crippen LogP contribution < -0.4 is 5.73 Å². The van der Waals surface area contributed by atoms with Crippen LogP contribution in [0.4, 0.5) is 5.82 Å². The van der Waals surface area contributed by atoms with Gasteiger partial charge in [0.1, 0.15) is 5.82 Å². The molecule has 1 heterocycles. The molecule has 1 aromatic carbocycles. The number of hydrogen-bond acceptors (Lipinski definition) is 4. The van der Waals surface area contributed by atoms with Crippen molar-refractivity contribution in [1.29, 1.82) is 0 Å². The normalized spacial score (nSPS) is 11.3. The van der Waals surface area contributed by atoms with E-state index in [0.29, 0.717) is 11.6 Å². The average Bonchev–Trinajstić information content (AvgIpc) is 2.90. The maximum Gasteiger partial charge on any atom is 0.335 e. The molecule has 0 spiro atoms. The van der Waals surface area contributed by atoms with Crippen LogP contribution in [0.2, 0.25) is 0 Å². The van der Waals surface area contributed by atoms with Gasteiger partial charge in [-0.25, -0.2) is 9.79 Å². The van der Waals surface area contributed by atoms with E-state index in [1.54, 1.807) is 31.3 Å². The summed E-state index contributed by atoms with van der Waals surface area (Å²) < 4.78 is 1.48. The van der Waals surface area contributed by atoms with Crippen LogP contribution in [0.15, 0.2) is 41.5 Å². The van der Waals surface area contributed by atoms with Gasteiger partial charge in [0.15, 0.2) is 5.82 Å². The molecule has 6 nitrogen and oxygen atoms in total. The molecule has 0 bridgehead atoms. The van der Waals surface area contributed by atoms with Crippen LogP contribution in [-0.2, 0) is 0 Å². The lowest BCUT2D eigenvalue weighted by Crippen LogP contribution is -2.06. The van der Waals surface area contributed by atoms with E-state index in [2.05, 4.69) is 16.8 Å². The summed E-state index contributed by atoms with van der Waals surface area (Å²) >= 11 is 0. The Morgan fingerprint density at radius 1 is 1.45 bits per heavy atom. The van der Waals surface area contributed by atoms with Gasteiger partial charge in [-0.3, -0.25) is 0 Å². The smallest absolute Gasteiger partial charge is 0.335 e. The second kappa shape index (κ2) is 5.40. The monoisotopic (exact) mass is 270 g/mol. The fourth-order valence-electron chi connectivity index (χ4n) is 1.80. The van der Waals surface area contributed by atoms with E-state index >= 15 is 0 Å². The van der Waals surface area contributed by atoms with Gasteiger partial charge in [0, 0.05) is 5.56 Å². The molecule has 0 radical (unpaired) electrons. The van der Waals surface area contributed by atoms with Crippen molar-refractivity contribution < 1.29 is 9.90 Å². The predicted molar refractivity (Wildman–Crippen MR) is 78.0 cm³/mol. The Kier molecular flexibility index (Phi) is 3.65. The van der Waals surface area contributed by atoms with Crippen LogP contribution in [0, 0.1) is 0 Å². The third-order valence-corrected chi connectivity index (χ3v) is 2.88. The predicted octanol–water partition coefficient (Wildman–Crippen LogP) is 2.36. The maximum atomic E-state index is 10.8. The Morgan fingerprint density at radius 3 is 2.60 bits per heavy atom. The Labute approximate surface area is 115 Å². The van der Waals surface area contributed by atoms with Gasteiger partial charge in [-0.2, -0.15) is 9.78 Å². The fraction of sp³-hybridized carbons (Fsp3) is 0.0714. The van der Waals surface area contributed by atoms with E-state index in [1.165, 1.54) is 16.8 Å². The van der Waals surface area contributed by atoms with Gasteiger partial charge in [0.25, 0.3) is 0 Å². The highest BCUT2D eigenvalue weighted by Gasteiger charge is 2.13. The van der Waals surface area contributed by atoms with Crippen LogP contribution in [-0.4, -0.2) is 27.6 Å². The standard InChI is InChI=1S/C14H14N4O2/c1-3-12(15)18-13(16-2)11(8-17-18)9-4-6-10(7-5-9)14(19)20/h3-8H,2,15H2,1H3,(H,19,20)/b12-3-. The molecular weight excluding hydrogens is 256 g/mol. The van der Waals surface area contributed by atoms with Crippen LogP contribution in [0.3, 0.4) is 0 Å². The Morgan fingerprint density at radius 2 is 2.10 bits per heavy atom. The van der Waals surface area contributed by atoms with Gasteiger partial charge in [0.05, 0.1) is 11.8 Å². The zero-order valence-electron chi connectivity index (χ0n) is 10.9. The number of aliphatic imine (C=N–C) groups is 1. The minimum absolute atomic E-state index is 0.224. The molecule has 0 atom stereocenters. The molecule has 0 aliphatic carbocycles. The highest BCUT2D eigenvalue weighted by Crippen LogP contribution is 2.31. The Balaban J connectivity index is 2.50. The molecule has 0 saturated carbocycles. The van der Waals surface area contributed by atoms with Crippen LogP contribution in [0.25, 0.3) is 16.9 Å². The van der Waals surface area contributed by atoms with E-state index in [4.69, 9.17) is 10.8 Å². The second-order valence-corrected chi connectivity index (χ2v) is 4.05. The molecule has 1 aromatic heterocycles. The van der Waals surface area contributed by atoms with Crippen molar-refractivity contribution in [2.75, 3.05) is 0 Å². The summed E-state index contributed by atoms with van der Waals surface area (Å²) in [5.41, 5.74) is 7.58. The highest BCUT2D eigenvalue weighted by molar-refractivity contribution is 5.88. The van der Waals surface area contributed by atoms with Crippen LogP contribution >= 0.6 is 0 Å². The quantitative estimate of drug-likeness (QED) is 0.834. The summed E-state index contributed by atoms with van der Waals surface area (Å²) in [7, 11) is 0. The van der Waals surface area contributed by atoms with Crippen molar-refractivity contribution in [2.24, 2.45) is 10.7 Å². The molecule has 0 aliphatic heterocycles. The molecule has 0 unspecified atom stereocenters. The molecule has 6 heteroatoms. The molecule has 0 saturated heterocycles. The number of rotatable bonds is 4. The third kappa shape index (κ3) is 2.31. The lowest BCUT2D eigenvalue weighted by atomic mass is 10.1. The highest BCUT2D eigenvalue weighted by atomic mass is 16.4. The maximum absolute atomic E-state index is 10.8. The first-order chi connectivity index (χ1) is 9.58. The zero-order valence-corrected chi connectivity index (χ0v) is 10.9. The number of nitrogens with two attached hydrogens (primary N) is 1. The van der Waals surface area contributed by atoms with Gasteiger partial charge < -0.3 is 10.8 Å². The topological polar surface area (TPSA) is 93.5 Å². The molecule has 0 fully saturated rings. The molecule has 3 N–H and O–H groups in total. The summed E-state index contributed by atoms with van der Waals surface area (Å²) in [5, 5.41) is 13.1. The first-order valence-electron chi connectivity index (χ1n) is 5.89. The molecule has 2 aromatic rings. The van der Waals surface area contributed by atoms with E-state index in [9.17, 15) is 4.79 Å². The summed E-state index contributed by atoms with van der Waals surface area (Å²) in [4.78, 5) is 14.8. The minimum Gasteiger partial charge on any atom is -0.478 e. The molecule has 102 valence electrons. The van der Waals surface area contributed by atoms with E-state index < -0.39 is 5.97 Å². The number of nitrogens with zero attached hydrogens (tertiary/aromatic N) is 3. The molecule has 20 heavy (non-hydrogen) atoms. The number of allylic oxidation sites excluding steroid dienone is 1. The van der Waals surface area contributed by atoms with Gasteiger partial charge in [-0.05, 0) is 37.4 Å². The van der Waals surface area contributed by atoms with Crippen molar-refractivity contribution in [3.05, 3.63) is 42.1 Å². The van der Waals surface area contributed by atoms with E-state index in [-0.39, 0.29) is 5.56 Å². The first-order valence-corrected chi connectivity index (χ1v) is 5.89. The number of aromatic carboxylic acids is 1. The lowest BCUT2D eigenvalue weighted by Gasteiger charge is -2.05. The number of carbonyl (C=O) groups is 1. The first kappa shape index (κ1) is 13.5. The van der Waals surface area contributed by atoms with Gasteiger partial charge in [-0.15, -0.1) is 0 Å². The summed E-state index contributed by atoms with van der Waals surface area (Å²) in [6.45, 7) is 5.32. The Hall–Kier alpha value is -2.89. The van der Waals surface area contributed by atoms with Gasteiger partial charge in [-0.1, -0.05) is 12.1 Å². The summed E-state index contributed by atoms with van der Waals surface area (Å²) in [6.07, 6.45) is 3.33. The third-order valence-electron chi connectivity index (χ3n) is 2.88. The number of hydrogen-bond donors (Lipinski definition) is 2. The molecule has 2 rings (SSSR count). The molecule has 0 amide bonds. The van der Waals surface area contributed by atoms with Crippen molar-refractivity contribution in [3.8, 4) is 11.1 Å². The van der Waals surface area contributed by atoms with Crippen molar-refractivity contribution in [3.63, 3.8) is 0 Å². The van der Waals surface area contributed by atoms with Crippen LogP contribution in [0.1, 0.15) is 17.3 Å². The van der Waals surface area contributed by atoms with Crippen LogP contribution in [0.5, 0.6) is 0 Å². The Bertz CT molecular complexity index is 684. The van der Waals surface area contributed by atoms with Gasteiger partial charge in [0.2, 0.25) is 0 Å². The number of benzene rings is 1. The summed E-state index contributed by atoms with van der Waals surface area (Å²) in [6, 6.07) is 6.46. The largest absolute Gasteiger partial charge is 0.478 e. The summed E-state index contributed by atoms with van der Waals surface area (Å²) in [5.74, 6) is -0.00282. The zero-order chi connectivity index (χ0) is 14.7. The lowest BCUT2D eigenvalue weighted by molar-refractivity contribution is 0.0697. The van der Waals surface area contributed by atoms with Crippen molar-refractivity contribution >= 4 is 24.3 Å². The van der Waals surface area contributed by atoms with E-state index in [0.717, 1.165) is 11.1 Å². The SMILES string of the molecule is C=Nc1c(-c2ccc(C(=O)O)cc2)cnn1/C(N)=C\C. The second-order valence-electron chi connectivity index (χ2n) is 4.05. The van der Waals surface area contributed by atoms with Crippen molar-refractivity contribution in [2.45, 2.75) is 6.92 Å². The number of carboxylic acid groups (broad SMARTS) is 1. The molecular formula is C14H14N4O2.